The molecule has 0 aromatic carbocycles. The van der Waals surface area contributed by atoms with Crippen LogP contribution in [0.1, 0.15) is 32.2 Å². The molecule has 1 aliphatic rings. The maximum absolute atomic E-state index is 9.69. The highest BCUT2D eigenvalue weighted by atomic mass is 16.5. The molecule has 2 aromatic rings. The van der Waals surface area contributed by atoms with Crippen LogP contribution in [0, 0.1) is 5.92 Å². The van der Waals surface area contributed by atoms with E-state index in [1.165, 1.54) is 0 Å². The fourth-order valence-corrected chi connectivity index (χ4v) is 2.73. The normalized spacial score (nSPS) is 22.3. The lowest BCUT2D eigenvalue weighted by molar-refractivity contribution is 0.119. The van der Waals surface area contributed by atoms with Gasteiger partial charge in [0.25, 0.3) is 0 Å². The van der Waals surface area contributed by atoms with Gasteiger partial charge in [-0.1, -0.05) is 5.16 Å². The van der Waals surface area contributed by atoms with Gasteiger partial charge < -0.3 is 9.63 Å². The van der Waals surface area contributed by atoms with Crippen molar-refractivity contribution >= 4 is 0 Å². The number of pyridine rings is 1. The van der Waals surface area contributed by atoms with Crippen molar-refractivity contribution in [2.45, 2.75) is 32.4 Å². The van der Waals surface area contributed by atoms with E-state index in [0.717, 1.165) is 25.1 Å². The van der Waals surface area contributed by atoms with Crippen LogP contribution in [-0.4, -0.2) is 44.3 Å². The number of aliphatic hydroxyl groups is 1. The molecule has 1 saturated heterocycles. The fourth-order valence-electron chi connectivity index (χ4n) is 2.73. The highest BCUT2D eigenvalue weighted by Gasteiger charge is 2.31. The zero-order valence-corrected chi connectivity index (χ0v) is 12.3. The van der Waals surface area contributed by atoms with Gasteiger partial charge in [0, 0.05) is 24.5 Å². The number of likely N-dealkylation sites (tertiary alicyclic amines) is 1. The van der Waals surface area contributed by atoms with Crippen LogP contribution in [0.5, 0.6) is 0 Å². The van der Waals surface area contributed by atoms with Crippen LogP contribution in [-0.2, 0) is 0 Å². The lowest BCUT2D eigenvalue weighted by Gasteiger charge is -2.21. The molecule has 2 aromatic heterocycles. The van der Waals surface area contributed by atoms with Crippen molar-refractivity contribution in [3.63, 3.8) is 0 Å². The fraction of sp³-hybridized carbons (Fsp3) is 0.533. The number of nitrogens with zero attached hydrogens (tertiary/aromatic N) is 4. The molecule has 21 heavy (non-hydrogen) atoms. The lowest BCUT2D eigenvalue weighted by atomic mass is 10.0. The third-order valence-electron chi connectivity index (χ3n) is 4.20. The Morgan fingerprint density at radius 3 is 2.95 bits per heavy atom. The molecule has 0 amide bonds. The molecule has 3 unspecified atom stereocenters. The van der Waals surface area contributed by atoms with Crippen LogP contribution in [0.4, 0.5) is 0 Å². The molecular formula is C15H20N4O2. The van der Waals surface area contributed by atoms with Crippen LogP contribution < -0.4 is 0 Å². The maximum Gasteiger partial charge on any atom is 0.244 e. The second-order valence-electron chi connectivity index (χ2n) is 5.66. The van der Waals surface area contributed by atoms with Gasteiger partial charge in [0.1, 0.15) is 0 Å². The van der Waals surface area contributed by atoms with Gasteiger partial charge in [-0.25, -0.2) is 0 Å². The number of aliphatic hydroxyl groups excluding tert-OH is 1. The van der Waals surface area contributed by atoms with Gasteiger partial charge in [-0.15, -0.1) is 0 Å². The van der Waals surface area contributed by atoms with Crippen molar-refractivity contribution in [1.82, 2.24) is 20.0 Å². The SMILES string of the molecule is CC(O)C1CCN(C(C)c2nc(-c3cccnc3)no2)C1. The molecular weight excluding hydrogens is 268 g/mol. The van der Waals surface area contributed by atoms with Crippen LogP contribution in [0.2, 0.25) is 0 Å². The van der Waals surface area contributed by atoms with E-state index in [-0.39, 0.29) is 12.1 Å². The van der Waals surface area contributed by atoms with E-state index in [2.05, 4.69) is 26.9 Å². The van der Waals surface area contributed by atoms with Crippen molar-refractivity contribution in [3.05, 3.63) is 30.4 Å². The minimum atomic E-state index is -0.268. The Morgan fingerprint density at radius 1 is 1.43 bits per heavy atom. The molecule has 3 heterocycles. The van der Waals surface area contributed by atoms with Gasteiger partial charge in [-0.2, -0.15) is 4.98 Å². The summed E-state index contributed by atoms with van der Waals surface area (Å²) in [6, 6.07) is 3.82. The van der Waals surface area contributed by atoms with E-state index >= 15 is 0 Å². The molecule has 6 heteroatoms. The predicted molar refractivity (Wildman–Crippen MR) is 77.3 cm³/mol. The van der Waals surface area contributed by atoms with Crippen molar-refractivity contribution in [2.75, 3.05) is 13.1 Å². The maximum atomic E-state index is 9.69. The zero-order valence-electron chi connectivity index (χ0n) is 12.3. The summed E-state index contributed by atoms with van der Waals surface area (Å²) in [5, 5.41) is 13.7. The molecule has 3 atom stereocenters. The van der Waals surface area contributed by atoms with Crippen LogP contribution in [0.15, 0.2) is 29.0 Å². The Morgan fingerprint density at radius 2 is 2.29 bits per heavy atom. The average Bonchev–Trinajstić information content (AvgIpc) is 3.17. The van der Waals surface area contributed by atoms with Crippen molar-refractivity contribution in [3.8, 4) is 11.4 Å². The van der Waals surface area contributed by atoms with Gasteiger partial charge in [-0.05, 0) is 44.9 Å². The summed E-state index contributed by atoms with van der Waals surface area (Å²) in [5.41, 5.74) is 0.850. The summed E-state index contributed by atoms with van der Waals surface area (Å²) < 4.78 is 5.40. The monoisotopic (exact) mass is 288 g/mol. The third kappa shape index (κ3) is 2.96. The van der Waals surface area contributed by atoms with Crippen LogP contribution in [0.3, 0.4) is 0 Å². The first-order valence-electron chi connectivity index (χ1n) is 7.31. The van der Waals surface area contributed by atoms with E-state index in [4.69, 9.17) is 4.52 Å². The highest BCUT2D eigenvalue weighted by molar-refractivity contribution is 5.51. The van der Waals surface area contributed by atoms with Gasteiger partial charge in [0.2, 0.25) is 11.7 Å². The molecule has 3 rings (SSSR count). The molecule has 0 spiro atoms. The minimum absolute atomic E-state index is 0.0617. The Kier molecular flexibility index (Phi) is 3.98. The number of hydrogen-bond acceptors (Lipinski definition) is 6. The van der Waals surface area contributed by atoms with E-state index < -0.39 is 0 Å². The zero-order chi connectivity index (χ0) is 14.8. The van der Waals surface area contributed by atoms with Gasteiger partial charge in [0.05, 0.1) is 12.1 Å². The summed E-state index contributed by atoms with van der Waals surface area (Å²) in [5.74, 6) is 1.50. The third-order valence-corrected chi connectivity index (χ3v) is 4.20. The molecule has 0 bridgehead atoms. The molecule has 1 N–H and O–H groups in total. The van der Waals surface area contributed by atoms with Crippen molar-refractivity contribution < 1.29 is 9.63 Å². The Bertz CT molecular complexity index is 584. The topological polar surface area (TPSA) is 75.3 Å². The molecule has 112 valence electrons. The molecule has 1 fully saturated rings. The van der Waals surface area contributed by atoms with E-state index in [9.17, 15) is 5.11 Å². The summed E-state index contributed by atoms with van der Waals surface area (Å²) >= 11 is 0. The second-order valence-corrected chi connectivity index (χ2v) is 5.66. The lowest BCUT2D eigenvalue weighted by Crippen LogP contribution is -2.27. The number of hydrogen-bond donors (Lipinski definition) is 1. The first-order chi connectivity index (χ1) is 10.1. The smallest absolute Gasteiger partial charge is 0.244 e. The Balaban J connectivity index is 1.72. The summed E-state index contributed by atoms with van der Waals surface area (Å²) in [6.45, 7) is 5.72. The minimum Gasteiger partial charge on any atom is -0.393 e. The van der Waals surface area contributed by atoms with Gasteiger partial charge in [-0.3, -0.25) is 9.88 Å². The van der Waals surface area contributed by atoms with Crippen molar-refractivity contribution in [1.29, 1.82) is 0 Å². The van der Waals surface area contributed by atoms with E-state index in [1.54, 1.807) is 12.4 Å². The van der Waals surface area contributed by atoms with E-state index in [0.29, 0.717) is 17.6 Å². The quantitative estimate of drug-likeness (QED) is 0.926. The summed E-state index contributed by atoms with van der Waals surface area (Å²) in [7, 11) is 0. The second kappa shape index (κ2) is 5.91. The first kappa shape index (κ1) is 14.2. The Labute approximate surface area is 123 Å². The first-order valence-corrected chi connectivity index (χ1v) is 7.31. The van der Waals surface area contributed by atoms with Crippen LogP contribution in [0.25, 0.3) is 11.4 Å². The van der Waals surface area contributed by atoms with Crippen LogP contribution >= 0.6 is 0 Å². The number of rotatable bonds is 4. The summed E-state index contributed by atoms with van der Waals surface area (Å²) in [6.07, 6.45) is 4.17. The Hall–Kier alpha value is -1.79. The predicted octanol–water partition coefficient (Wildman–Crippen LogP) is 1.90. The summed E-state index contributed by atoms with van der Waals surface area (Å²) in [4.78, 5) is 10.8. The molecule has 1 aliphatic heterocycles. The molecule has 0 radical (unpaired) electrons. The molecule has 0 aliphatic carbocycles. The number of aromatic nitrogens is 3. The molecule has 6 nitrogen and oxygen atoms in total. The molecule has 0 saturated carbocycles. The van der Waals surface area contributed by atoms with Gasteiger partial charge in [0.15, 0.2) is 0 Å². The van der Waals surface area contributed by atoms with E-state index in [1.807, 2.05) is 19.1 Å². The van der Waals surface area contributed by atoms with Gasteiger partial charge >= 0.3 is 0 Å². The largest absolute Gasteiger partial charge is 0.393 e. The highest BCUT2D eigenvalue weighted by Crippen LogP contribution is 2.29. The average molecular weight is 288 g/mol. The van der Waals surface area contributed by atoms with Crippen molar-refractivity contribution in [2.24, 2.45) is 5.92 Å². The standard InChI is InChI=1S/C15H20N4O2/c1-10(19-7-5-13(9-19)11(2)20)15-17-14(18-21-15)12-4-3-6-16-8-12/h3-4,6,8,10-11,13,20H,5,7,9H2,1-2H3.